The molecule has 0 radical (unpaired) electrons. The van der Waals surface area contributed by atoms with Gasteiger partial charge in [-0.1, -0.05) is 12.1 Å². The molecule has 1 amide bonds. The molecule has 152 valence electrons. The fourth-order valence-electron chi connectivity index (χ4n) is 2.61. The molecule has 28 heavy (non-hydrogen) atoms. The number of nitrogens with zero attached hydrogens (tertiary/aromatic N) is 1. The van der Waals surface area contributed by atoms with E-state index in [0.717, 1.165) is 17.7 Å². The van der Waals surface area contributed by atoms with Crippen molar-refractivity contribution in [2.24, 2.45) is 4.99 Å². The predicted molar refractivity (Wildman–Crippen MR) is 118 cm³/mol. The van der Waals surface area contributed by atoms with Crippen LogP contribution in [0.4, 0.5) is 8.78 Å². The highest BCUT2D eigenvalue weighted by Crippen LogP contribution is 2.09. The van der Waals surface area contributed by atoms with E-state index in [1.165, 1.54) is 6.07 Å². The molecule has 0 heterocycles. The number of guanidine groups is 1. The number of carbonyl (C=O) groups is 1. The van der Waals surface area contributed by atoms with Crippen molar-refractivity contribution in [1.29, 1.82) is 0 Å². The number of nitrogens with one attached hydrogen (secondary N) is 3. The molecule has 2 aromatic rings. The third-order valence-electron chi connectivity index (χ3n) is 4.04. The highest BCUT2D eigenvalue weighted by Gasteiger charge is 2.06. The molecule has 2 rings (SSSR count). The van der Waals surface area contributed by atoms with E-state index >= 15 is 0 Å². The summed E-state index contributed by atoms with van der Waals surface area (Å²) in [4.78, 5) is 15.8. The van der Waals surface area contributed by atoms with Crippen LogP contribution in [-0.2, 0) is 12.8 Å². The van der Waals surface area contributed by atoms with Crippen molar-refractivity contribution in [3.63, 3.8) is 0 Å². The minimum absolute atomic E-state index is 0. The number of halogens is 3. The second-order valence-corrected chi connectivity index (χ2v) is 5.94. The molecule has 3 N–H and O–H groups in total. The van der Waals surface area contributed by atoms with Crippen LogP contribution in [0.3, 0.4) is 0 Å². The van der Waals surface area contributed by atoms with Crippen LogP contribution >= 0.6 is 24.0 Å². The zero-order valence-corrected chi connectivity index (χ0v) is 18.2. The number of aliphatic imine (C=N–C) groups is 1. The molecule has 0 saturated heterocycles. The Labute approximate surface area is 181 Å². The first kappa shape index (κ1) is 23.8. The summed E-state index contributed by atoms with van der Waals surface area (Å²) in [6.45, 7) is 1.04. The lowest BCUT2D eigenvalue weighted by Gasteiger charge is -2.12. The summed E-state index contributed by atoms with van der Waals surface area (Å²) < 4.78 is 26.8. The standard InChI is InChI=1S/C20H24F2N4O.HI/c1-23-19(27)16-5-3-4-14(12-16)8-10-25-20(24-2)26-11-9-15-13-17(21)6-7-18(15)22;/h3-7,12-13H,8-11H2,1-2H3,(H,23,27)(H2,24,25,26);1H. The van der Waals surface area contributed by atoms with Crippen molar-refractivity contribution in [2.75, 3.05) is 27.2 Å². The minimum atomic E-state index is -0.451. The number of carbonyl (C=O) groups excluding carboxylic acids is 1. The second kappa shape index (κ2) is 12.3. The van der Waals surface area contributed by atoms with Gasteiger partial charge in [-0.25, -0.2) is 8.78 Å². The van der Waals surface area contributed by atoms with E-state index in [9.17, 15) is 13.6 Å². The predicted octanol–water partition coefficient (Wildman–Crippen LogP) is 2.89. The summed E-state index contributed by atoms with van der Waals surface area (Å²) in [6, 6.07) is 10.9. The van der Waals surface area contributed by atoms with Gasteiger partial charge in [-0.05, 0) is 54.3 Å². The maximum atomic E-state index is 13.6. The molecule has 0 aromatic heterocycles. The van der Waals surface area contributed by atoms with Gasteiger partial charge in [0.05, 0.1) is 0 Å². The van der Waals surface area contributed by atoms with E-state index in [2.05, 4.69) is 20.9 Å². The zero-order valence-electron chi connectivity index (χ0n) is 15.9. The number of benzene rings is 2. The lowest BCUT2D eigenvalue weighted by atomic mass is 10.1. The highest BCUT2D eigenvalue weighted by atomic mass is 127. The Bertz CT molecular complexity index is 815. The first-order valence-electron chi connectivity index (χ1n) is 8.73. The van der Waals surface area contributed by atoms with Gasteiger partial charge in [0.15, 0.2) is 5.96 Å². The van der Waals surface area contributed by atoms with Gasteiger partial charge in [0, 0.05) is 32.7 Å². The van der Waals surface area contributed by atoms with E-state index in [4.69, 9.17) is 0 Å². The lowest BCUT2D eigenvalue weighted by molar-refractivity contribution is 0.0963. The molecule has 0 unspecified atom stereocenters. The number of rotatable bonds is 7. The first-order chi connectivity index (χ1) is 13.0. The van der Waals surface area contributed by atoms with Crippen molar-refractivity contribution >= 4 is 35.8 Å². The van der Waals surface area contributed by atoms with Crippen LogP contribution in [0.15, 0.2) is 47.5 Å². The molecular weight excluding hydrogens is 477 g/mol. The van der Waals surface area contributed by atoms with E-state index in [1.807, 2.05) is 18.2 Å². The third-order valence-corrected chi connectivity index (χ3v) is 4.04. The summed E-state index contributed by atoms with van der Waals surface area (Å²) in [5.74, 6) is -0.411. The molecule has 0 atom stereocenters. The van der Waals surface area contributed by atoms with Crippen LogP contribution in [0.2, 0.25) is 0 Å². The van der Waals surface area contributed by atoms with Crippen molar-refractivity contribution in [1.82, 2.24) is 16.0 Å². The molecule has 2 aromatic carbocycles. The summed E-state index contributed by atoms with van der Waals surface area (Å²) in [6.07, 6.45) is 1.06. The molecule has 0 saturated carbocycles. The lowest BCUT2D eigenvalue weighted by Crippen LogP contribution is -2.39. The number of hydrogen-bond acceptors (Lipinski definition) is 2. The Morgan fingerprint density at radius 3 is 2.43 bits per heavy atom. The molecule has 0 aliphatic rings. The average Bonchev–Trinajstić information content (AvgIpc) is 2.69. The van der Waals surface area contributed by atoms with Crippen LogP contribution in [0.1, 0.15) is 21.5 Å². The van der Waals surface area contributed by atoms with E-state index < -0.39 is 11.6 Å². The van der Waals surface area contributed by atoms with Crippen LogP contribution in [-0.4, -0.2) is 39.1 Å². The van der Waals surface area contributed by atoms with E-state index in [-0.39, 0.29) is 29.9 Å². The first-order valence-corrected chi connectivity index (χ1v) is 8.73. The SMILES string of the molecule is CN=C(NCCc1cccc(C(=O)NC)c1)NCCc1cc(F)ccc1F.I. The summed E-state index contributed by atoms with van der Waals surface area (Å²) in [7, 11) is 3.24. The Morgan fingerprint density at radius 2 is 1.75 bits per heavy atom. The van der Waals surface area contributed by atoms with E-state index in [0.29, 0.717) is 43.0 Å². The van der Waals surface area contributed by atoms with Gasteiger partial charge < -0.3 is 16.0 Å². The summed E-state index contributed by atoms with van der Waals surface area (Å²) >= 11 is 0. The minimum Gasteiger partial charge on any atom is -0.356 e. The number of hydrogen-bond donors (Lipinski definition) is 3. The van der Waals surface area contributed by atoms with Crippen molar-refractivity contribution < 1.29 is 13.6 Å². The van der Waals surface area contributed by atoms with Gasteiger partial charge >= 0.3 is 0 Å². The van der Waals surface area contributed by atoms with Crippen molar-refractivity contribution in [2.45, 2.75) is 12.8 Å². The average molecular weight is 502 g/mol. The zero-order chi connectivity index (χ0) is 19.6. The largest absolute Gasteiger partial charge is 0.356 e. The Morgan fingerprint density at radius 1 is 1.04 bits per heavy atom. The maximum Gasteiger partial charge on any atom is 0.251 e. The van der Waals surface area contributed by atoms with Gasteiger partial charge in [-0.15, -0.1) is 24.0 Å². The molecule has 0 fully saturated rings. The fraction of sp³-hybridized carbons (Fsp3) is 0.300. The molecule has 0 bridgehead atoms. The van der Waals surface area contributed by atoms with Crippen molar-refractivity contribution in [3.05, 3.63) is 70.8 Å². The summed E-state index contributed by atoms with van der Waals surface area (Å²) in [5, 5.41) is 8.84. The molecule has 8 heteroatoms. The second-order valence-electron chi connectivity index (χ2n) is 5.94. The third kappa shape index (κ3) is 7.41. The number of amides is 1. The molecule has 0 aliphatic carbocycles. The normalized spacial score (nSPS) is 10.8. The van der Waals surface area contributed by atoms with Crippen LogP contribution < -0.4 is 16.0 Å². The van der Waals surface area contributed by atoms with Gasteiger partial charge in [0.2, 0.25) is 0 Å². The summed E-state index contributed by atoms with van der Waals surface area (Å²) in [5.41, 5.74) is 1.97. The van der Waals surface area contributed by atoms with Crippen LogP contribution in [0.25, 0.3) is 0 Å². The van der Waals surface area contributed by atoms with Gasteiger partial charge in [0.25, 0.3) is 5.91 Å². The molecular formula is C20H25F2IN4O. The van der Waals surface area contributed by atoms with Gasteiger partial charge in [-0.2, -0.15) is 0 Å². The van der Waals surface area contributed by atoms with E-state index in [1.54, 1.807) is 20.2 Å². The molecule has 5 nitrogen and oxygen atoms in total. The van der Waals surface area contributed by atoms with Crippen LogP contribution in [0.5, 0.6) is 0 Å². The Balaban J connectivity index is 0.00000392. The quantitative estimate of drug-likeness (QED) is 0.310. The Kier molecular flexibility index (Phi) is 10.4. The van der Waals surface area contributed by atoms with Crippen LogP contribution in [0, 0.1) is 11.6 Å². The fourth-order valence-corrected chi connectivity index (χ4v) is 2.61. The maximum absolute atomic E-state index is 13.6. The molecule has 0 aliphatic heterocycles. The molecule has 0 spiro atoms. The smallest absolute Gasteiger partial charge is 0.251 e. The van der Waals surface area contributed by atoms with Crippen molar-refractivity contribution in [3.8, 4) is 0 Å². The van der Waals surface area contributed by atoms with Gasteiger partial charge in [0.1, 0.15) is 11.6 Å². The topological polar surface area (TPSA) is 65.5 Å². The monoisotopic (exact) mass is 502 g/mol. The Hall–Kier alpha value is -2.23. The highest BCUT2D eigenvalue weighted by molar-refractivity contribution is 14.0. The van der Waals surface area contributed by atoms with Gasteiger partial charge in [-0.3, -0.25) is 9.79 Å².